The molecule has 1 unspecified atom stereocenters. The predicted octanol–water partition coefficient (Wildman–Crippen LogP) is 3.32. The van der Waals surface area contributed by atoms with Crippen LogP contribution in [0.5, 0.6) is 11.5 Å². The molecular weight excluding hydrogens is 306 g/mol. The van der Waals surface area contributed by atoms with Crippen LogP contribution in [0.25, 0.3) is 0 Å². The van der Waals surface area contributed by atoms with Crippen molar-refractivity contribution in [3.63, 3.8) is 0 Å². The number of phenols is 1. The number of ether oxygens (including phenoxy) is 1. The lowest BCUT2D eigenvalue weighted by Gasteiger charge is -2.25. The van der Waals surface area contributed by atoms with Gasteiger partial charge in [0.1, 0.15) is 0 Å². The quantitative estimate of drug-likeness (QED) is 0.894. The van der Waals surface area contributed by atoms with Crippen LogP contribution in [-0.2, 0) is 6.42 Å². The second-order valence-electron chi connectivity index (χ2n) is 5.34. The fourth-order valence-corrected chi connectivity index (χ4v) is 3.31. The molecule has 1 saturated heterocycles. The Kier molecular flexibility index (Phi) is 4.74. The summed E-state index contributed by atoms with van der Waals surface area (Å²) in [6.07, 6.45) is 3.34. The minimum absolute atomic E-state index is 0.311. The number of hydrogen-bond donors (Lipinski definition) is 2. The van der Waals surface area contributed by atoms with E-state index in [4.69, 9.17) is 4.74 Å². The maximum absolute atomic E-state index is 10.4. The third kappa shape index (κ3) is 2.90. The van der Waals surface area contributed by atoms with E-state index in [0.29, 0.717) is 17.4 Å². The van der Waals surface area contributed by atoms with Crippen molar-refractivity contribution >= 4 is 15.9 Å². The minimum Gasteiger partial charge on any atom is -0.504 e. The third-order valence-corrected chi connectivity index (χ3v) is 5.24. The molecule has 19 heavy (non-hydrogen) atoms. The van der Waals surface area contributed by atoms with Gasteiger partial charge in [0.15, 0.2) is 11.5 Å². The van der Waals surface area contributed by atoms with Gasteiger partial charge in [-0.15, -0.1) is 0 Å². The minimum atomic E-state index is 0.311. The second-order valence-corrected chi connectivity index (χ2v) is 6.13. The highest BCUT2D eigenvalue weighted by molar-refractivity contribution is 9.10. The number of phenolic OH excluding ortho intramolecular Hbond substituents is 1. The van der Waals surface area contributed by atoms with Gasteiger partial charge in [-0.1, -0.05) is 15.9 Å². The predicted molar refractivity (Wildman–Crippen MR) is 81.1 cm³/mol. The summed E-state index contributed by atoms with van der Waals surface area (Å²) < 4.78 is 6.39. The molecule has 1 aromatic rings. The summed E-state index contributed by atoms with van der Waals surface area (Å²) in [5.74, 6) is 1.50. The van der Waals surface area contributed by atoms with Crippen LogP contribution >= 0.6 is 15.9 Å². The number of hydrogen-bond acceptors (Lipinski definition) is 3. The zero-order valence-electron chi connectivity index (χ0n) is 11.8. The molecule has 0 aromatic heterocycles. The highest BCUT2D eigenvalue weighted by Crippen LogP contribution is 2.42. The number of nitrogens with one attached hydrogen (secondary N) is 1. The number of aromatic hydroxyl groups is 1. The van der Waals surface area contributed by atoms with Gasteiger partial charge in [-0.05, 0) is 57.7 Å². The SMILES string of the molecule is COc1c(C)c(Br)c(C)c(CC2CCCNC2)c1O. The highest BCUT2D eigenvalue weighted by atomic mass is 79.9. The lowest BCUT2D eigenvalue weighted by molar-refractivity contribution is 0.351. The number of benzene rings is 1. The lowest BCUT2D eigenvalue weighted by atomic mass is 9.89. The smallest absolute Gasteiger partial charge is 0.164 e. The molecule has 1 heterocycles. The van der Waals surface area contributed by atoms with Crippen LogP contribution < -0.4 is 10.1 Å². The van der Waals surface area contributed by atoms with Gasteiger partial charge in [0.25, 0.3) is 0 Å². The molecular formula is C15H22BrNO2. The van der Waals surface area contributed by atoms with E-state index in [1.54, 1.807) is 7.11 Å². The second kappa shape index (κ2) is 6.14. The Morgan fingerprint density at radius 3 is 2.68 bits per heavy atom. The molecule has 0 aliphatic carbocycles. The van der Waals surface area contributed by atoms with Crippen LogP contribution in [0.1, 0.15) is 29.5 Å². The zero-order valence-corrected chi connectivity index (χ0v) is 13.4. The van der Waals surface area contributed by atoms with E-state index < -0.39 is 0 Å². The topological polar surface area (TPSA) is 41.5 Å². The summed E-state index contributed by atoms with van der Waals surface area (Å²) in [7, 11) is 1.61. The van der Waals surface area contributed by atoms with Gasteiger partial charge in [-0.3, -0.25) is 0 Å². The van der Waals surface area contributed by atoms with Crippen molar-refractivity contribution in [1.82, 2.24) is 5.32 Å². The van der Waals surface area contributed by atoms with E-state index in [9.17, 15) is 5.11 Å². The summed E-state index contributed by atoms with van der Waals surface area (Å²) in [5, 5.41) is 13.9. The average molecular weight is 328 g/mol. The summed E-state index contributed by atoms with van der Waals surface area (Å²) >= 11 is 3.61. The first kappa shape index (κ1) is 14.7. The van der Waals surface area contributed by atoms with Crippen LogP contribution in [-0.4, -0.2) is 25.3 Å². The molecule has 0 saturated carbocycles. The summed E-state index contributed by atoms with van der Waals surface area (Å²) in [4.78, 5) is 0. The number of rotatable bonds is 3. The van der Waals surface area contributed by atoms with Crippen molar-refractivity contribution in [2.45, 2.75) is 33.1 Å². The Hall–Kier alpha value is -0.740. The fraction of sp³-hybridized carbons (Fsp3) is 0.600. The molecule has 3 nitrogen and oxygen atoms in total. The molecule has 4 heteroatoms. The number of piperidine rings is 1. The van der Waals surface area contributed by atoms with Crippen LogP contribution in [0.15, 0.2) is 4.47 Å². The van der Waals surface area contributed by atoms with Crippen molar-refractivity contribution in [3.05, 3.63) is 21.2 Å². The molecule has 2 rings (SSSR count). The van der Waals surface area contributed by atoms with Gasteiger partial charge in [-0.2, -0.15) is 0 Å². The van der Waals surface area contributed by atoms with E-state index in [2.05, 4.69) is 28.2 Å². The molecule has 0 bridgehead atoms. The Morgan fingerprint density at radius 1 is 1.37 bits per heavy atom. The van der Waals surface area contributed by atoms with E-state index in [0.717, 1.165) is 40.7 Å². The van der Waals surface area contributed by atoms with Gasteiger partial charge in [0.05, 0.1) is 7.11 Å². The molecule has 1 fully saturated rings. The molecule has 1 aliphatic heterocycles. The maximum atomic E-state index is 10.4. The molecule has 1 aromatic carbocycles. The summed E-state index contributed by atoms with van der Waals surface area (Å²) in [5.41, 5.74) is 3.10. The van der Waals surface area contributed by atoms with Crippen molar-refractivity contribution in [1.29, 1.82) is 0 Å². The van der Waals surface area contributed by atoms with Crippen molar-refractivity contribution in [3.8, 4) is 11.5 Å². The van der Waals surface area contributed by atoms with Gasteiger partial charge in [0.2, 0.25) is 0 Å². The van der Waals surface area contributed by atoms with Gasteiger partial charge in [-0.25, -0.2) is 0 Å². The van der Waals surface area contributed by atoms with Crippen LogP contribution in [0.4, 0.5) is 0 Å². The maximum Gasteiger partial charge on any atom is 0.164 e. The first-order valence-corrected chi connectivity index (χ1v) is 7.60. The molecule has 106 valence electrons. The highest BCUT2D eigenvalue weighted by Gasteiger charge is 2.22. The van der Waals surface area contributed by atoms with E-state index in [1.807, 2.05) is 6.92 Å². The van der Waals surface area contributed by atoms with Crippen LogP contribution in [0, 0.1) is 19.8 Å². The van der Waals surface area contributed by atoms with Gasteiger partial charge >= 0.3 is 0 Å². The van der Waals surface area contributed by atoms with Crippen LogP contribution in [0.3, 0.4) is 0 Å². The first-order chi connectivity index (χ1) is 9.06. The van der Waals surface area contributed by atoms with Gasteiger partial charge < -0.3 is 15.2 Å². The van der Waals surface area contributed by atoms with Crippen molar-refractivity contribution in [2.24, 2.45) is 5.92 Å². The number of halogens is 1. The molecule has 2 N–H and O–H groups in total. The van der Waals surface area contributed by atoms with Crippen molar-refractivity contribution in [2.75, 3.05) is 20.2 Å². The zero-order chi connectivity index (χ0) is 14.0. The molecule has 0 spiro atoms. The molecule has 0 amide bonds. The van der Waals surface area contributed by atoms with E-state index in [-0.39, 0.29) is 0 Å². The summed E-state index contributed by atoms with van der Waals surface area (Å²) in [6.45, 7) is 6.17. The Bertz CT molecular complexity index is 468. The van der Waals surface area contributed by atoms with Crippen molar-refractivity contribution < 1.29 is 9.84 Å². The standard InChI is InChI=1S/C15H22BrNO2/c1-9-12(7-11-5-4-6-17-8-11)14(18)15(19-3)10(2)13(9)16/h11,17-18H,4-8H2,1-3H3. The fourth-order valence-electron chi connectivity index (χ4n) is 2.89. The molecule has 1 atom stereocenters. The number of methoxy groups -OCH3 is 1. The molecule has 1 aliphatic rings. The monoisotopic (exact) mass is 327 g/mol. The van der Waals surface area contributed by atoms with E-state index in [1.165, 1.54) is 12.8 Å². The Labute approximate surface area is 123 Å². The lowest BCUT2D eigenvalue weighted by Crippen LogP contribution is -2.31. The van der Waals surface area contributed by atoms with Crippen LogP contribution in [0.2, 0.25) is 0 Å². The molecule has 0 radical (unpaired) electrons. The largest absolute Gasteiger partial charge is 0.504 e. The normalized spacial score (nSPS) is 19.5. The van der Waals surface area contributed by atoms with Gasteiger partial charge in [0, 0.05) is 15.6 Å². The average Bonchev–Trinajstić information content (AvgIpc) is 2.43. The summed E-state index contributed by atoms with van der Waals surface area (Å²) in [6, 6.07) is 0. The third-order valence-electron chi connectivity index (χ3n) is 4.05. The van der Waals surface area contributed by atoms with E-state index >= 15 is 0 Å². The first-order valence-electron chi connectivity index (χ1n) is 6.81. The Morgan fingerprint density at radius 2 is 2.11 bits per heavy atom. The Balaban J connectivity index is 2.35.